The lowest BCUT2D eigenvalue weighted by atomic mass is 10.1. The van der Waals surface area contributed by atoms with Crippen molar-refractivity contribution >= 4 is 33.0 Å². The number of benzene rings is 2. The van der Waals surface area contributed by atoms with E-state index in [0.29, 0.717) is 10.9 Å². The maximum absolute atomic E-state index is 14.3. The van der Waals surface area contributed by atoms with Crippen molar-refractivity contribution < 1.29 is 22.7 Å². The van der Waals surface area contributed by atoms with Crippen molar-refractivity contribution in [1.82, 2.24) is 3.97 Å². The van der Waals surface area contributed by atoms with E-state index in [4.69, 9.17) is 5.11 Å². The van der Waals surface area contributed by atoms with Crippen molar-refractivity contribution in [2.75, 3.05) is 0 Å². The first-order valence-corrected chi connectivity index (χ1v) is 8.77. The largest absolute Gasteiger partial charge is 0.478 e. The molecule has 0 spiro atoms. The summed E-state index contributed by atoms with van der Waals surface area (Å²) >= 11 is 0. The molecule has 0 amide bonds. The van der Waals surface area contributed by atoms with Crippen LogP contribution >= 0.6 is 0 Å². The number of para-hydroxylation sites is 1. The van der Waals surface area contributed by atoms with E-state index in [1.807, 2.05) is 6.92 Å². The van der Waals surface area contributed by atoms with Crippen LogP contribution in [0.1, 0.15) is 11.1 Å². The summed E-state index contributed by atoms with van der Waals surface area (Å²) in [6.45, 7) is 1.83. The number of halogens is 1. The second-order valence-corrected chi connectivity index (χ2v) is 7.32. The Labute approximate surface area is 143 Å². The van der Waals surface area contributed by atoms with Crippen LogP contribution in [-0.2, 0) is 14.8 Å². The lowest BCUT2D eigenvalue weighted by molar-refractivity contribution is -0.131. The SMILES string of the molecule is Cc1ccc(S(=O)(=O)n2cc(C=CC(=O)O)c3cccc(F)c32)cc1. The van der Waals surface area contributed by atoms with Gasteiger partial charge < -0.3 is 5.11 Å². The molecule has 0 unspecified atom stereocenters. The van der Waals surface area contributed by atoms with Crippen LogP contribution in [0.5, 0.6) is 0 Å². The van der Waals surface area contributed by atoms with E-state index in [1.54, 1.807) is 18.2 Å². The predicted molar refractivity (Wildman–Crippen MR) is 92.3 cm³/mol. The maximum Gasteiger partial charge on any atom is 0.328 e. The lowest BCUT2D eigenvalue weighted by Gasteiger charge is -2.08. The highest BCUT2D eigenvalue weighted by Gasteiger charge is 2.22. The van der Waals surface area contributed by atoms with Gasteiger partial charge in [-0.3, -0.25) is 0 Å². The molecule has 0 aliphatic carbocycles. The molecule has 0 saturated heterocycles. The van der Waals surface area contributed by atoms with Gasteiger partial charge in [0.25, 0.3) is 10.0 Å². The number of rotatable bonds is 4. The smallest absolute Gasteiger partial charge is 0.328 e. The molecule has 0 aliphatic heterocycles. The predicted octanol–water partition coefficient (Wildman–Crippen LogP) is 3.42. The highest BCUT2D eigenvalue weighted by molar-refractivity contribution is 7.90. The number of nitrogens with zero attached hydrogens (tertiary/aromatic N) is 1. The Morgan fingerprint density at radius 2 is 1.84 bits per heavy atom. The zero-order valence-corrected chi connectivity index (χ0v) is 14.0. The van der Waals surface area contributed by atoms with E-state index < -0.39 is 21.8 Å². The molecule has 0 fully saturated rings. The first kappa shape index (κ1) is 16.9. The van der Waals surface area contributed by atoms with Crippen LogP contribution in [0.3, 0.4) is 0 Å². The van der Waals surface area contributed by atoms with Crippen molar-refractivity contribution in [3.63, 3.8) is 0 Å². The Kier molecular flexibility index (Phi) is 4.18. The third kappa shape index (κ3) is 3.06. The van der Waals surface area contributed by atoms with E-state index >= 15 is 0 Å². The zero-order chi connectivity index (χ0) is 18.2. The summed E-state index contributed by atoms with van der Waals surface area (Å²) in [5, 5.41) is 9.10. The third-order valence-electron chi connectivity index (χ3n) is 3.76. The Morgan fingerprint density at radius 3 is 2.48 bits per heavy atom. The van der Waals surface area contributed by atoms with Gasteiger partial charge in [-0.15, -0.1) is 0 Å². The molecule has 3 aromatic rings. The van der Waals surface area contributed by atoms with Crippen LogP contribution in [0.15, 0.2) is 59.6 Å². The van der Waals surface area contributed by atoms with Crippen LogP contribution in [0.4, 0.5) is 4.39 Å². The molecule has 1 N–H and O–H groups in total. The Hall–Kier alpha value is -2.93. The van der Waals surface area contributed by atoms with Gasteiger partial charge in [0.1, 0.15) is 11.3 Å². The van der Waals surface area contributed by atoms with Gasteiger partial charge >= 0.3 is 5.97 Å². The third-order valence-corrected chi connectivity index (χ3v) is 5.43. The van der Waals surface area contributed by atoms with E-state index in [9.17, 15) is 17.6 Å². The van der Waals surface area contributed by atoms with Gasteiger partial charge in [0, 0.05) is 23.2 Å². The first-order valence-electron chi connectivity index (χ1n) is 7.33. The van der Waals surface area contributed by atoms with Crippen molar-refractivity contribution in [2.45, 2.75) is 11.8 Å². The molecule has 0 aliphatic rings. The number of aromatic nitrogens is 1. The molecule has 0 radical (unpaired) electrons. The van der Waals surface area contributed by atoms with E-state index in [-0.39, 0.29) is 10.4 Å². The van der Waals surface area contributed by atoms with Crippen LogP contribution in [0.2, 0.25) is 0 Å². The number of carboxylic acid groups (broad SMARTS) is 1. The van der Waals surface area contributed by atoms with Crippen LogP contribution in [0, 0.1) is 12.7 Å². The van der Waals surface area contributed by atoms with Crippen molar-refractivity contribution in [1.29, 1.82) is 0 Å². The molecule has 3 rings (SSSR count). The molecule has 5 nitrogen and oxygen atoms in total. The molecule has 128 valence electrons. The Bertz CT molecular complexity index is 1100. The summed E-state index contributed by atoms with van der Waals surface area (Å²) in [6.07, 6.45) is 3.34. The number of fused-ring (bicyclic) bond motifs is 1. The first-order chi connectivity index (χ1) is 11.8. The fourth-order valence-electron chi connectivity index (χ4n) is 2.54. The number of aryl methyl sites for hydroxylation is 1. The zero-order valence-electron chi connectivity index (χ0n) is 13.2. The second-order valence-electron chi connectivity index (χ2n) is 5.51. The van der Waals surface area contributed by atoms with Crippen LogP contribution in [0.25, 0.3) is 17.0 Å². The minimum atomic E-state index is -4.03. The summed E-state index contributed by atoms with van der Waals surface area (Å²) in [5.74, 6) is -1.89. The lowest BCUT2D eigenvalue weighted by Crippen LogP contribution is -2.12. The van der Waals surface area contributed by atoms with Crippen LogP contribution < -0.4 is 0 Å². The van der Waals surface area contributed by atoms with Gasteiger partial charge in [0.15, 0.2) is 0 Å². The Balaban J connectivity index is 2.29. The molecule has 0 saturated carbocycles. The monoisotopic (exact) mass is 359 g/mol. The number of carboxylic acids is 1. The number of hydrogen-bond acceptors (Lipinski definition) is 3. The van der Waals surface area contributed by atoms with Gasteiger partial charge in [-0.05, 0) is 31.2 Å². The molecular formula is C18H14FNO4S. The summed E-state index contributed by atoms with van der Waals surface area (Å²) < 4.78 is 41.0. The molecule has 25 heavy (non-hydrogen) atoms. The summed E-state index contributed by atoms with van der Waals surface area (Å²) in [4.78, 5) is 10.8. The quantitative estimate of drug-likeness (QED) is 0.724. The van der Waals surface area contributed by atoms with Gasteiger partial charge in [-0.1, -0.05) is 29.8 Å². The van der Waals surface area contributed by atoms with Crippen molar-refractivity contribution in [3.05, 3.63) is 71.7 Å². The highest BCUT2D eigenvalue weighted by atomic mass is 32.2. The van der Waals surface area contributed by atoms with E-state index in [1.165, 1.54) is 30.5 Å². The maximum atomic E-state index is 14.3. The number of hydrogen-bond donors (Lipinski definition) is 1. The van der Waals surface area contributed by atoms with E-state index in [0.717, 1.165) is 21.7 Å². The highest BCUT2D eigenvalue weighted by Crippen LogP contribution is 2.29. The average molecular weight is 359 g/mol. The second kappa shape index (κ2) is 6.18. The molecular weight excluding hydrogens is 345 g/mol. The van der Waals surface area contributed by atoms with Gasteiger partial charge in [-0.2, -0.15) is 0 Å². The van der Waals surface area contributed by atoms with Crippen molar-refractivity contribution in [3.8, 4) is 0 Å². The van der Waals surface area contributed by atoms with Crippen molar-refractivity contribution in [2.24, 2.45) is 0 Å². The van der Waals surface area contributed by atoms with E-state index in [2.05, 4.69) is 0 Å². The summed E-state index contributed by atoms with van der Waals surface area (Å²) in [6, 6.07) is 10.3. The molecule has 0 bridgehead atoms. The minimum Gasteiger partial charge on any atom is -0.478 e. The van der Waals surface area contributed by atoms with Gasteiger partial charge in [0.2, 0.25) is 0 Å². The van der Waals surface area contributed by atoms with Gasteiger partial charge in [-0.25, -0.2) is 21.6 Å². The molecule has 1 aromatic heterocycles. The molecule has 2 aromatic carbocycles. The normalized spacial score (nSPS) is 12.1. The fraction of sp³-hybridized carbons (Fsp3) is 0.0556. The average Bonchev–Trinajstić information content (AvgIpc) is 2.94. The standard InChI is InChI=1S/C18H14FNO4S/c1-12-5-8-14(9-6-12)25(23,24)20-11-13(7-10-17(21)22)15-3-2-4-16(19)18(15)20/h2-11H,1H3,(H,21,22). The number of carbonyl (C=O) groups is 1. The Morgan fingerprint density at radius 1 is 1.16 bits per heavy atom. The summed E-state index contributed by atoms with van der Waals surface area (Å²) in [5.41, 5.74) is 1.08. The summed E-state index contributed by atoms with van der Waals surface area (Å²) in [7, 11) is -4.03. The molecule has 1 heterocycles. The number of aliphatic carboxylic acids is 1. The van der Waals surface area contributed by atoms with Gasteiger partial charge in [0.05, 0.1) is 4.90 Å². The van der Waals surface area contributed by atoms with Crippen LogP contribution in [-0.4, -0.2) is 23.5 Å². The fourth-order valence-corrected chi connectivity index (χ4v) is 3.93. The minimum absolute atomic E-state index is 0.0204. The molecule has 0 atom stereocenters. The topological polar surface area (TPSA) is 76.4 Å². The molecule has 7 heteroatoms.